The molecule has 0 spiro atoms. The zero-order chi connectivity index (χ0) is 20.5. The van der Waals surface area contributed by atoms with Gasteiger partial charge < -0.3 is 16.4 Å². The second-order valence-corrected chi connectivity index (χ2v) is 8.67. The molecule has 4 N–H and O–H groups in total. The summed E-state index contributed by atoms with van der Waals surface area (Å²) in [5.41, 5.74) is 6.08. The van der Waals surface area contributed by atoms with Gasteiger partial charge in [-0.05, 0) is 55.1 Å². The number of hydrogen-bond donors (Lipinski definition) is 3. The molecule has 1 aromatic rings. The van der Waals surface area contributed by atoms with Crippen molar-refractivity contribution in [2.24, 2.45) is 23.5 Å². The van der Waals surface area contributed by atoms with Crippen LogP contribution < -0.4 is 16.4 Å². The molecular formula is C21H30F3N3O. The van der Waals surface area contributed by atoms with Crippen LogP contribution in [0.3, 0.4) is 0 Å². The molecule has 4 nitrogen and oxygen atoms in total. The van der Waals surface area contributed by atoms with Crippen molar-refractivity contribution in [2.45, 2.75) is 63.8 Å². The maximum absolute atomic E-state index is 12.9. The van der Waals surface area contributed by atoms with Crippen molar-refractivity contribution < 1.29 is 18.0 Å². The molecule has 1 saturated carbocycles. The molecule has 4 unspecified atom stereocenters. The standard InChI is InChI=1S/C21H30F3N3O/c1-12(2)8-17(25)20(28)27-18-7-6-15-16(18)11-26-19(15)10-13-4-3-5-14(9-13)21(22,23)24/h3-5,9,12,15-19,26H,6-8,10-11,25H2,1-2H3,(H,27,28)/t15?,16?,17-,18?,19?/m0/s1. The molecule has 1 heterocycles. The molecule has 5 atom stereocenters. The van der Waals surface area contributed by atoms with Crippen LogP contribution in [0.4, 0.5) is 13.2 Å². The average Bonchev–Trinajstić information content (AvgIpc) is 3.17. The van der Waals surface area contributed by atoms with Gasteiger partial charge in [-0.25, -0.2) is 0 Å². The molecule has 2 aliphatic rings. The van der Waals surface area contributed by atoms with Crippen molar-refractivity contribution in [3.8, 4) is 0 Å². The van der Waals surface area contributed by atoms with E-state index in [0.717, 1.165) is 25.5 Å². The molecule has 1 aliphatic heterocycles. The van der Waals surface area contributed by atoms with E-state index in [1.165, 1.54) is 12.1 Å². The van der Waals surface area contributed by atoms with Crippen LogP contribution in [0.15, 0.2) is 24.3 Å². The molecule has 1 saturated heterocycles. The van der Waals surface area contributed by atoms with E-state index in [9.17, 15) is 18.0 Å². The molecule has 1 amide bonds. The first-order valence-electron chi connectivity index (χ1n) is 10.1. The molecule has 0 radical (unpaired) electrons. The summed E-state index contributed by atoms with van der Waals surface area (Å²) >= 11 is 0. The highest BCUT2D eigenvalue weighted by molar-refractivity contribution is 5.81. The Hall–Kier alpha value is -1.60. The summed E-state index contributed by atoms with van der Waals surface area (Å²) in [6, 6.07) is 5.31. The molecular weight excluding hydrogens is 367 g/mol. The van der Waals surface area contributed by atoms with Gasteiger partial charge in [0.2, 0.25) is 5.91 Å². The van der Waals surface area contributed by atoms with E-state index in [1.807, 2.05) is 13.8 Å². The minimum absolute atomic E-state index is 0.0923. The Morgan fingerprint density at radius 2 is 2.04 bits per heavy atom. The predicted octanol–water partition coefficient (Wildman–Crippen LogP) is 3.10. The zero-order valence-corrected chi connectivity index (χ0v) is 16.4. The highest BCUT2D eigenvalue weighted by atomic mass is 19.4. The Kier molecular flexibility index (Phi) is 6.34. The van der Waals surface area contributed by atoms with Crippen molar-refractivity contribution in [1.29, 1.82) is 0 Å². The van der Waals surface area contributed by atoms with Crippen molar-refractivity contribution in [3.63, 3.8) is 0 Å². The van der Waals surface area contributed by atoms with E-state index in [4.69, 9.17) is 5.73 Å². The molecule has 0 bridgehead atoms. The lowest BCUT2D eigenvalue weighted by molar-refractivity contribution is -0.137. The highest BCUT2D eigenvalue weighted by Gasteiger charge is 2.45. The number of fused-ring (bicyclic) bond motifs is 1. The first kappa shape index (κ1) is 21.1. The van der Waals surface area contributed by atoms with Crippen LogP contribution in [0.2, 0.25) is 0 Å². The second-order valence-electron chi connectivity index (χ2n) is 8.67. The first-order chi connectivity index (χ1) is 13.1. The molecule has 28 heavy (non-hydrogen) atoms. The normalized spacial score (nSPS) is 28.4. The van der Waals surface area contributed by atoms with Crippen molar-refractivity contribution in [3.05, 3.63) is 35.4 Å². The summed E-state index contributed by atoms with van der Waals surface area (Å²) in [7, 11) is 0. The van der Waals surface area contributed by atoms with E-state index in [1.54, 1.807) is 6.07 Å². The van der Waals surface area contributed by atoms with E-state index in [0.29, 0.717) is 36.2 Å². The number of nitrogens with one attached hydrogen (secondary N) is 2. The number of carbonyl (C=O) groups excluding carboxylic acids is 1. The van der Waals surface area contributed by atoms with Crippen LogP contribution in [0.5, 0.6) is 0 Å². The van der Waals surface area contributed by atoms with Crippen LogP contribution in [-0.2, 0) is 17.4 Å². The van der Waals surface area contributed by atoms with Crippen LogP contribution in [0, 0.1) is 17.8 Å². The fraction of sp³-hybridized carbons (Fsp3) is 0.667. The second kappa shape index (κ2) is 8.41. The smallest absolute Gasteiger partial charge is 0.352 e. The number of nitrogens with two attached hydrogens (primary N) is 1. The Morgan fingerprint density at radius 1 is 1.29 bits per heavy atom. The molecule has 1 aromatic carbocycles. The average molecular weight is 397 g/mol. The van der Waals surface area contributed by atoms with Crippen LogP contribution in [0.1, 0.15) is 44.2 Å². The number of halogens is 3. The number of amides is 1. The highest BCUT2D eigenvalue weighted by Crippen LogP contribution is 2.39. The summed E-state index contributed by atoms with van der Waals surface area (Å²) in [4.78, 5) is 12.4. The van der Waals surface area contributed by atoms with E-state index < -0.39 is 17.8 Å². The monoisotopic (exact) mass is 397 g/mol. The van der Waals surface area contributed by atoms with Gasteiger partial charge in [0.1, 0.15) is 0 Å². The number of hydrogen-bond acceptors (Lipinski definition) is 3. The molecule has 7 heteroatoms. The zero-order valence-electron chi connectivity index (χ0n) is 16.4. The van der Waals surface area contributed by atoms with Crippen molar-refractivity contribution in [1.82, 2.24) is 10.6 Å². The lowest BCUT2D eigenvalue weighted by atomic mass is 9.88. The number of rotatable bonds is 6. The molecule has 2 fully saturated rings. The van der Waals surface area contributed by atoms with Gasteiger partial charge in [0, 0.05) is 18.6 Å². The molecule has 0 aromatic heterocycles. The summed E-state index contributed by atoms with van der Waals surface area (Å²) in [5, 5.41) is 6.58. The molecule has 156 valence electrons. The number of carbonyl (C=O) groups is 1. The molecule has 3 rings (SSSR count). The van der Waals surface area contributed by atoms with Gasteiger partial charge in [-0.3, -0.25) is 4.79 Å². The number of alkyl halides is 3. The summed E-state index contributed by atoms with van der Waals surface area (Å²) in [6.45, 7) is 4.86. The van der Waals surface area contributed by atoms with E-state index >= 15 is 0 Å². The van der Waals surface area contributed by atoms with Crippen LogP contribution in [0.25, 0.3) is 0 Å². The lowest BCUT2D eigenvalue weighted by Crippen LogP contribution is -2.47. The SMILES string of the molecule is CC(C)C[C@H](N)C(=O)NC1CCC2C(Cc3cccc(C(F)(F)F)c3)NCC12. The maximum Gasteiger partial charge on any atom is 0.416 e. The van der Waals surface area contributed by atoms with Crippen molar-refractivity contribution in [2.75, 3.05) is 6.54 Å². The summed E-state index contributed by atoms with van der Waals surface area (Å²) < 4.78 is 38.8. The Labute approximate surface area is 164 Å². The van der Waals surface area contributed by atoms with Gasteiger partial charge in [0.15, 0.2) is 0 Å². The Bertz CT molecular complexity index is 692. The van der Waals surface area contributed by atoms with Crippen molar-refractivity contribution >= 4 is 5.91 Å². The quantitative estimate of drug-likeness (QED) is 0.691. The van der Waals surface area contributed by atoms with Gasteiger partial charge in [-0.1, -0.05) is 32.0 Å². The number of benzene rings is 1. The molecule has 1 aliphatic carbocycles. The van der Waals surface area contributed by atoms with Gasteiger partial charge in [-0.2, -0.15) is 13.2 Å². The van der Waals surface area contributed by atoms with Crippen LogP contribution >= 0.6 is 0 Å². The van der Waals surface area contributed by atoms with Crippen LogP contribution in [-0.4, -0.2) is 30.6 Å². The lowest BCUT2D eigenvalue weighted by Gasteiger charge is -2.23. The van der Waals surface area contributed by atoms with Gasteiger partial charge in [-0.15, -0.1) is 0 Å². The largest absolute Gasteiger partial charge is 0.416 e. The first-order valence-corrected chi connectivity index (χ1v) is 10.1. The van der Waals surface area contributed by atoms with E-state index in [2.05, 4.69) is 10.6 Å². The Balaban J connectivity index is 1.59. The van der Waals surface area contributed by atoms with E-state index in [-0.39, 0.29) is 18.0 Å². The predicted molar refractivity (Wildman–Crippen MR) is 103 cm³/mol. The Morgan fingerprint density at radius 3 is 2.71 bits per heavy atom. The third-order valence-electron chi connectivity index (χ3n) is 6.11. The van der Waals surface area contributed by atoms with Gasteiger partial charge in [0.05, 0.1) is 11.6 Å². The third-order valence-corrected chi connectivity index (χ3v) is 6.11. The fourth-order valence-corrected chi connectivity index (χ4v) is 4.77. The van der Waals surface area contributed by atoms with Gasteiger partial charge >= 0.3 is 6.18 Å². The minimum atomic E-state index is -4.32. The third kappa shape index (κ3) is 4.87. The minimum Gasteiger partial charge on any atom is -0.352 e. The topological polar surface area (TPSA) is 67.2 Å². The van der Waals surface area contributed by atoms with Gasteiger partial charge in [0.25, 0.3) is 0 Å². The summed E-state index contributed by atoms with van der Waals surface area (Å²) in [5.74, 6) is 0.940. The maximum atomic E-state index is 12.9. The fourth-order valence-electron chi connectivity index (χ4n) is 4.77. The summed E-state index contributed by atoms with van der Waals surface area (Å²) in [6.07, 6.45) is -1.23.